The van der Waals surface area contributed by atoms with Crippen LogP contribution in [0.4, 0.5) is 27.6 Å². The van der Waals surface area contributed by atoms with Gasteiger partial charge in [0, 0.05) is 13.2 Å². The number of nitrogens with one attached hydrogen (secondary N) is 1. The normalized spacial score (nSPS) is 12.9. The highest BCUT2D eigenvalue weighted by atomic mass is 19.4. The Morgan fingerprint density at radius 1 is 1.42 bits per heavy atom. The van der Waals surface area contributed by atoms with Crippen molar-refractivity contribution < 1.29 is 36.6 Å². The second kappa shape index (κ2) is 7.64. The minimum absolute atomic E-state index is 0.0678. The number of carbonyl (C=O) groups excluding carboxylic acids is 1. The summed E-state index contributed by atoms with van der Waals surface area (Å²) < 4.78 is 68.1. The molecule has 0 spiro atoms. The Balaban J connectivity index is 2.18. The van der Waals surface area contributed by atoms with E-state index in [0.717, 1.165) is 18.3 Å². The molecule has 0 radical (unpaired) electrons. The minimum atomic E-state index is -4.91. The van der Waals surface area contributed by atoms with Gasteiger partial charge < -0.3 is 15.2 Å². The van der Waals surface area contributed by atoms with Crippen molar-refractivity contribution in [1.82, 2.24) is 14.8 Å². The van der Waals surface area contributed by atoms with Crippen LogP contribution in [0.2, 0.25) is 0 Å². The third kappa shape index (κ3) is 4.88. The lowest BCUT2D eigenvalue weighted by molar-refractivity contribution is -0.206. The van der Waals surface area contributed by atoms with Crippen molar-refractivity contribution in [1.29, 1.82) is 0 Å². The lowest BCUT2D eigenvalue weighted by atomic mass is 10.1. The second-order valence-electron chi connectivity index (χ2n) is 5.10. The topological polar surface area (TPSA) is 89.3 Å². The van der Waals surface area contributed by atoms with Gasteiger partial charge in [0.15, 0.2) is 12.7 Å². The summed E-state index contributed by atoms with van der Waals surface area (Å²) in [5, 5.41) is 15.2. The Morgan fingerprint density at radius 3 is 2.73 bits per heavy atom. The molecule has 142 valence electrons. The van der Waals surface area contributed by atoms with Crippen LogP contribution in [0.15, 0.2) is 24.5 Å². The van der Waals surface area contributed by atoms with Crippen LogP contribution in [0.5, 0.6) is 5.88 Å². The molecule has 7 nitrogen and oxygen atoms in total. The van der Waals surface area contributed by atoms with E-state index in [1.54, 1.807) is 0 Å². The number of amides is 1. The Kier molecular flexibility index (Phi) is 5.75. The van der Waals surface area contributed by atoms with E-state index >= 15 is 0 Å². The van der Waals surface area contributed by atoms with Gasteiger partial charge in [-0.1, -0.05) is 0 Å². The Morgan fingerprint density at radius 2 is 2.12 bits per heavy atom. The van der Waals surface area contributed by atoms with E-state index in [4.69, 9.17) is 4.74 Å². The van der Waals surface area contributed by atoms with Gasteiger partial charge in [-0.15, -0.1) is 5.10 Å². The number of aliphatic hydroxyl groups is 1. The number of aliphatic hydroxyl groups excluding tert-OH is 1. The van der Waals surface area contributed by atoms with Crippen molar-refractivity contribution in [2.45, 2.75) is 18.7 Å². The second-order valence-corrected chi connectivity index (χ2v) is 5.10. The molecule has 0 saturated carbocycles. The van der Waals surface area contributed by atoms with Gasteiger partial charge in [-0.2, -0.15) is 13.2 Å². The Labute approximate surface area is 143 Å². The molecular weight excluding hydrogens is 367 g/mol. The molecule has 1 unspecified atom stereocenters. The van der Waals surface area contributed by atoms with Gasteiger partial charge in [-0.05, 0) is 17.7 Å². The van der Waals surface area contributed by atoms with Crippen molar-refractivity contribution in [3.8, 4) is 5.88 Å². The molecule has 0 aliphatic carbocycles. The number of anilines is 1. The van der Waals surface area contributed by atoms with Gasteiger partial charge in [0.1, 0.15) is 11.4 Å². The van der Waals surface area contributed by atoms with Crippen LogP contribution in [0, 0.1) is 0 Å². The number of carbonyl (C=O) groups is 1. The molecule has 1 amide bonds. The average molecular weight is 380 g/mol. The fraction of sp³-hybridized carbons (Fsp3) is 0.357. The molecule has 0 saturated heterocycles. The summed E-state index contributed by atoms with van der Waals surface area (Å²) in [5.41, 5.74) is -1.06. The number of aryl methyl sites for hydroxylation is 1. The van der Waals surface area contributed by atoms with E-state index in [1.165, 1.54) is 17.9 Å². The van der Waals surface area contributed by atoms with E-state index in [1.807, 2.05) is 0 Å². The van der Waals surface area contributed by atoms with Gasteiger partial charge in [-0.25, -0.2) is 8.78 Å². The van der Waals surface area contributed by atoms with Crippen molar-refractivity contribution >= 4 is 11.6 Å². The number of ether oxygens (including phenoxy) is 1. The highest BCUT2D eigenvalue weighted by molar-refractivity contribution is 6.03. The van der Waals surface area contributed by atoms with Crippen LogP contribution in [0.3, 0.4) is 0 Å². The monoisotopic (exact) mass is 380 g/mol. The maximum atomic E-state index is 12.6. The molecule has 2 rings (SSSR count). The first-order chi connectivity index (χ1) is 12.1. The third-order valence-electron chi connectivity index (χ3n) is 3.03. The van der Waals surface area contributed by atoms with Crippen LogP contribution < -0.4 is 10.1 Å². The maximum Gasteiger partial charge on any atom is 0.418 e. The third-order valence-corrected chi connectivity index (χ3v) is 3.03. The molecule has 2 N–H and O–H groups in total. The standard InChI is InChI=1S/C14H13F5N4O3/c1-23-5-9(13(22-23)26-6-10(15)16)21-12(25)8-4-7(2-3-20-8)11(24)14(17,18)19/h2-5,10-11,24H,6H2,1H3,(H,21,25). The smallest absolute Gasteiger partial charge is 0.418 e. The van der Waals surface area contributed by atoms with Crippen LogP contribution in [0.25, 0.3) is 0 Å². The molecule has 1 atom stereocenters. The number of hydrogen-bond acceptors (Lipinski definition) is 5. The van der Waals surface area contributed by atoms with Gasteiger partial charge in [0.25, 0.3) is 18.2 Å². The predicted molar refractivity (Wildman–Crippen MR) is 77.9 cm³/mol. The van der Waals surface area contributed by atoms with E-state index in [2.05, 4.69) is 15.4 Å². The Bertz CT molecular complexity index is 778. The van der Waals surface area contributed by atoms with Crippen molar-refractivity contribution in [2.24, 2.45) is 7.05 Å². The van der Waals surface area contributed by atoms with E-state index in [-0.39, 0.29) is 11.6 Å². The van der Waals surface area contributed by atoms with Crippen LogP contribution in [-0.2, 0) is 7.05 Å². The molecule has 2 aromatic rings. The molecule has 0 fully saturated rings. The van der Waals surface area contributed by atoms with E-state index in [9.17, 15) is 31.9 Å². The zero-order valence-corrected chi connectivity index (χ0v) is 13.2. The van der Waals surface area contributed by atoms with Gasteiger partial charge in [-0.3, -0.25) is 14.5 Å². The van der Waals surface area contributed by atoms with E-state index in [0.29, 0.717) is 0 Å². The quantitative estimate of drug-likeness (QED) is 0.751. The average Bonchev–Trinajstić information content (AvgIpc) is 2.90. The fourth-order valence-electron chi connectivity index (χ4n) is 1.92. The lowest BCUT2D eigenvalue weighted by Gasteiger charge is -2.15. The first-order valence-electron chi connectivity index (χ1n) is 7.04. The molecule has 0 aromatic carbocycles. The fourth-order valence-corrected chi connectivity index (χ4v) is 1.92. The van der Waals surface area contributed by atoms with Crippen molar-refractivity contribution in [3.05, 3.63) is 35.8 Å². The number of pyridine rings is 1. The summed E-state index contributed by atoms with van der Waals surface area (Å²) in [6, 6.07) is 1.68. The molecule has 0 aliphatic rings. The largest absolute Gasteiger partial charge is 0.469 e. The summed E-state index contributed by atoms with van der Waals surface area (Å²) in [7, 11) is 1.45. The van der Waals surface area contributed by atoms with E-state index < -0.39 is 42.5 Å². The lowest BCUT2D eigenvalue weighted by Crippen LogP contribution is -2.21. The summed E-state index contributed by atoms with van der Waals surface area (Å²) in [4.78, 5) is 15.8. The molecule has 0 aliphatic heterocycles. The molecule has 0 bridgehead atoms. The maximum absolute atomic E-state index is 12.6. The van der Waals surface area contributed by atoms with Crippen LogP contribution in [-0.4, -0.2) is 45.0 Å². The Hall–Kier alpha value is -2.76. The SMILES string of the molecule is Cn1cc(NC(=O)c2cc(C(O)C(F)(F)F)ccn2)c(OCC(F)F)n1. The van der Waals surface area contributed by atoms with Crippen LogP contribution >= 0.6 is 0 Å². The summed E-state index contributed by atoms with van der Waals surface area (Å²) in [6.07, 6.45) is -8.26. The number of rotatable bonds is 6. The number of hydrogen-bond donors (Lipinski definition) is 2. The zero-order valence-electron chi connectivity index (χ0n) is 13.2. The first-order valence-corrected chi connectivity index (χ1v) is 7.04. The summed E-state index contributed by atoms with van der Waals surface area (Å²) in [5.74, 6) is -1.22. The van der Waals surface area contributed by atoms with Crippen molar-refractivity contribution in [3.63, 3.8) is 0 Å². The molecule has 12 heteroatoms. The summed E-state index contributed by atoms with van der Waals surface area (Å²) >= 11 is 0. The molecule has 2 heterocycles. The number of halogens is 5. The number of alkyl halides is 5. The van der Waals surface area contributed by atoms with Crippen LogP contribution in [0.1, 0.15) is 22.2 Å². The van der Waals surface area contributed by atoms with Gasteiger partial charge >= 0.3 is 6.18 Å². The molecular formula is C14H13F5N4O3. The highest BCUT2D eigenvalue weighted by Crippen LogP contribution is 2.32. The van der Waals surface area contributed by atoms with Gasteiger partial charge in [0.05, 0.1) is 6.20 Å². The number of nitrogens with zero attached hydrogens (tertiary/aromatic N) is 3. The zero-order chi connectivity index (χ0) is 19.5. The summed E-state index contributed by atoms with van der Waals surface area (Å²) in [6.45, 7) is -0.953. The van der Waals surface area contributed by atoms with Gasteiger partial charge in [0.2, 0.25) is 0 Å². The molecule has 2 aromatic heterocycles. The number of aromatic nitrogens is 3. The minimum Gasteiger partial charge on any atom is -0.469 e. The van der Waals surface area contributed by atoms with Crippen molar-refractivity contribution in [2.75, 3.05) is 11.9 Å². The highest BCUT2D eigenvalue weighted by Gasteiger charge is 2.39. The predicted octanol–water partition coefficient (Wildman–Crippen LogP) is 2.31. The first kappa shape index (κ1) is 19.6. The molecule has 26 heavy (non-hydrogen) atoms.